The Balaban J connectivity index is 1.20. The number of ether oxygens (including phenoxy) is 1. The fourth-order valence-corrected chi connectivity index (χ4v) is 10.7. The second-order valence-electron chi connectivity index (χ2n) is 11.6. The quantitative estimate of drug-likeness (QED) is 0.198. The van der Waals surface area contributed by atoms with Crippen molar-refractivity contribution in [2.45, 2.75) is 109 Å². The van der Waals surface area contributed by atoms with E-state index in [0.717, 1.165) is 36.1 Å². The van der Waals surface area contributed by atoms with Gasteiger partial charge in [0.05, 0.1) is 15.4 Å². The van der Waals surface area contributed by atoms with Crippen molar-refractivity contribution in [3.05, 3.63) is 59.7 Å². The van der Waals surface area contributed by atoms with Crippen LogP contribution in [0.15, 0.2) is 42.5 Å². The number of unbranched alkanes of at least 4 members (excludes halogenated alkanes) is 2. The van der Waals surface area contributed by atoms with Gasteiger partial charge in [-0.1, -0.05) is 106 Å². The number of hydrogen-bond donors (Lipinski definition) is 0. The summed E-state index contributed by atoms with van der Waals surface area (Å²) in [5.41, 5.74) is 1.44. The summed E-state index contributed by atoms with van der Waals surface area (Å²) in [6, 6.07) is 16.2. The first kappa shape index (κ1) is 28.3. The van der Waals surface area contributed by atoms with Gasteiger partial charge in [-0.15, -0.1) is 0 Å². The van der Waals surface area contributed by atoms with Crippen molar-refractivity contribution in [1.82, 2.24) is 0 Å². The lowest BCUT2D eigenvalue weighted by Crippen LogP contribution is -2.41. The highest BCUT2D eigenvalue weighted by molar-refractivity contribution is 6.74. The molecule has 1 heterocycles. The molecule has 0 N–H and O–H groups in total. The van der Waals surface area contributed by atoms with Crippen LogP contribution in [-0.2, 0) is 6.42 Å². The third kappa shape index (κ3) is 7.68. The van der Waals surface area contributed by atoms with Crippen LogP contribution in [0.3, 0.4) is 0 Å². The Morgan fingerprint density at radius 3 is 2.32 bits per heavy atom. The lowest BCUT2D eigenvalue weighted by Gasteiger charge is -2.41. The minimum Gasteiger partial charge on any atom is -0.491 e. The summed E-state index contributed by atoms with van der Waals surface area (Å²) in [6.45, 7) is 4.46. The Kier molecular flexibility index (Phi) is 11.1. The van der Waals surface area contributed by atoms with Crippen molar-refractivity contribution in [2.24, 2.45) is 17.8 Å². The molecule has 1 nitrogen and oxygen atoms in total. The molecule has 4 rings (SSSR count). The average molecular weight is 526 g/mol. The van der Waals surface area contributed by atoms with Gasteiger partial charge in [-0.25, -0.2) is 4.39 Å². The Hall–Kier alpha value is -1.68. The molecule has 2 aromatic carbocycles. The third-order valence-corrected chi connectivity index (χ3v) is 12.6. The van der Waals surface area contributed by atoms with Crippen LogP contribution in [0.1, 0.15) is 96.5 Å². The topological polar surface area (TPSA) is 9.23 Å². The molecule has 37 heavy (non-hydrogen) atoms. The molecule has 0 amide bonds. The van der Waals surface area contributed by atoms with Gasteiger partial charge in [0.25, 0.3) is 0 Å². The Bertz CT molecular complexity index is 941. The number of aryl methyl sites for hydroxylation is 1. The van der Waals surface area contributed by atoms with E-state index in [2.05, 4.69) is 37.3 Å². The van der Waals surface area contributed by atoms with Gasteiger partial charge in [0.2, 0.25) is 5.82 Å². The molecule has 0 aromatic heterocycles. The van der Waals surface area contributed by atoms with Gasteiger partial charge in [0.15, 0.2) is 11.6 Å². The summed E-state index contributed by atoms with van der Waals surface area (Å²) in [6.07, 6.45) is 16.5. The zero-order chi connectivity index (χ0) is 26.0. The van der Waals surface area contributed by atoms with Gasteiger partial charge in [-0.05, 0) is 74.0 Å². The second-order valence-corrected chi connectivity index (χ2v) is 14.5. The first-order valence-electron chi connectivity index (χ1n) is 15.1. The van der Waals surface area contributed by atoms with Gasteiger partial charge in [0, 0.05) is 0 Å². The van der Waals surface area contributed by atoms with Crippen molar-refractivity contribution in [1.29, 1.82) is 0 Å². The predicted octanol–water partition coefficient (Wildman–Crippen LogP) is 9.26. The van der Waals surface area contributed by atoms with Crippen LogP contribution >= 0.6 is 0 Å². The molecule has 1 aliphatic heterocycles. The molecule has 0 bridgehead atoms. The highest BCUT2D eigenvalue weighted by Crippen LogP contribution is 2.45. The van der Waals surface area contributed by atoms with E-state index in [1.54, 1.807) is 24.2 Å². The molecule has 2 aliphatic rings. The zero-order valence-electron chi connectivity index (χ0n) is 23.1. The predicted molar refractivity (Wildman–Crippen MR) is 153 cm³/mol. The maximum atomic E-state index is 14.4. The standard InChI is InChI=1S/C33H47F2OSi/c1-3-5-13-30-24-28(22-23-37(30)29-14-7-6-8-15-29)26-18-16-25(17-19-26)11-9-10-12-27-20-21-31(36-4-2)33(35)32(27)34/h6-8,14-15,20-21,25-26,28,30H,3-5,9-13,16-19,22-24H2,1-2H3/t25?,26?,28?,30-/m1/s1. The summed E-state index contributed by atoms with van der Waals surface area (Å²) < 4.78 is 33.6. The fraction of sp³-hybridized carbons (Fsp3) is 0.636. The molecular formula is C33H47F2OSi. The van der Waals surface area contributed by atoms with E-state index in [9.17, 15) is 8.78 Å². The van der Waals surface area contributed by atoms with E-state index in [0.29, 0.717) is 18.6 Å². The SMILES string of the molecule is CCCC[C@@H]1CC(C2CCC(CCCCc3ccc(OCC)c(F)c3F)CC2)CC[Si]1c1ccccc1. The fourth-order valence-electron chi connectivity index (χ4n) is 7.10. The molecular weight excluding hydrogens is 478 g/mol. The van der Waals surface area contributed by atoms with Gasteiger partial charge >= 0.3 is 0 Å². The number of rotatable bonds is 12. The van der Waals surface area contributed by atoms with E-state index in [4.69, 9.17) is 4.74 Å². The molecule has 1 radical (unpaired) electrons. The van der Waals surface area contributed by atoms with Crippen molar-refractivity contribution < 1.29 is 13.5 Å². The lowest BCUT2D eigenvalue weighted by molar-refractivity contribution is 0.176. The summed E-state index contributed by atoms with van der Waals surface area (Å²) in [7, 11) is -0.423. The Morgan fingerprint density at radius 2 is 1.59 bits per heavy atom. The third-order valence-electron chi connectivity index (χ3n) is 9.21. The van der Waals surface area contributed by atoms with E-state index in [1.165, 1.54) is 70.3 Å². The van der Waals surface area contributed by atoms with Crippen LogP contribution in [0.25, 0.3) is 0 Å². The van der Waals surface area contributed by atoms with E-state index in [-0.39, 0.29) is 5.75 Å². The maximum Gasteiger partial charge on any atom is 0.200 e. The van der Waals surface area contributed by atoms with E-state index < -0.39 is 20.4 Å². The van der Waals surface area contributed by atoms with E-state index in [1.807, 2.05) is 0 Å². The molecule has 0 spiro atoms. The molecule has 1 saturated carbocycles. The van der Waals surface area contributed by atoms with Gasteiger partial charge < -0.3 is 4.74 Å². The van der Waals surface area contributed by atoms with Crippen LogP contribution < -0.4 is 9.92 Å². The van der Waals surface area contributed by atoms with Gasteiger partial charge in [-0.3, -0.25) is 0 Å². The first-order chi connectivity index (χ1) is 18.1. The highest BCUT2D eigenvalue weighted by Gasteiger charge is 2.37. The van der Waals surface area contributed by atoms with Crippen molar-refractivity contribution in [2.75, 3.05) is 6.61 Å². The molecule has 203 valence electrons. The minimum atomic E-state index is -0.839. The smallest absolute Gasteiger partial charge is 0.200 e. The van der Waals surface area contributed by atoms with Crippen LogP contribution in [0.2, 0.25) is 11.6 Å². The van der Waals surface area contributed by atoms with Crippen molar-refractivity contribution >= 4 is 14.0 Å². The monoisotopic (exact) mass is 525 g/mol. The summed E-state index contributed by atoms with van der Waals surface area (Å²) in [5, 5.41) is 1.67. The van der Waals surface area contributed by atoms with Crippen molar-refractivity contribution in [3.63, 3.8) is 0 Å². The normalized spacial score (nSPS) is 24.8. The van der Waals surface area contributed by atoms with Crippen LogP contribution in [0.5, 0.6) is 5.75 Å². The second kappa shape index (κ2) is 14.5. The zero-order valence-corrected chi connectivity index (χ0v) is 24.1. The average Bonchev–Trinajstić information content (AvgIpc) is 2.94. The number of halogens is 2. The summed E-state index contributed by atoms with van der Waals surface area (Å²) in [5.74, 6) is 1.15. The van der Waals surface area contributed by atoms with Crippen LogP contribution in [0.4, 0.5) is 8.78 Å². The molecule has 2 fully saturated rings. The van der Waals surface area contributed by atoms with Crippen molar-refractivity contribution in [3.8, 4) is 5.75 Å². The molecule has 2 atom stereocenters. The Labute approximate surface area is 226 Å². The van der Waals surface area contributed by atoms with Gasteiger partial charge in [-0.2, -0.15) is 4.39 Å². The number of benzene rings is 2. The maximum absolute atomic E-state index is 14.4. The van der Waals surface area contributed by atoms with Crippen LogP contribution in [-0.4, -0.2) is 15.4 Å². The summed E-state index contributed by atoms with van der Waals surface area (Å²) in [4.78, 5) is 0. The van der Waals surface area contributed by atoms with E-state index >= 15 is 0 Å². The summed E-state index contributed by atoms with van der Waals surface area (Å²) >= 11 is 0. The Morgan fingerprint density at radius 1 is 0.811 bits per heavy atom. The van der Waals surface area contributed by atoms with Gasteiger partial charge in [0.1, 0.15) is 0 Å². The minimum absolute atomic E-state index is 0.0208. The molecule has 1 aliphatic carbocycles. The molecule has 1 unspecified atom stereocenters. The lowest BCUT2D eigenvalue weighted by atomic mass is 9.72. The van der Waals surface area contributed by atoms with Crippen LogP contribution in [0, 0.1) is 29.4 Å². The largest absolute Gasteiger partial charge is 0.491 e. The number of hydrogen-bond acceptors (Lipinski definition) is 1. The molecule has 2 aromatic rings. The molecule has 1 saturated heterocycles. The molecule has 4 heteroatoms. The first-order valence-corrected chi connectivity index (χ1v) is 16.9. The highest BCUT2D eigenvalue weighted by atomic mass is 28.3.